The Balaban J connectivity index is 1.72. The number of aromatic nitrogens is 5. The van der Waals surface area contributed by atoms with Gasteiger partial charge in [0, 0.05) is 57.3 Å². The van der Waals surface area contributed by atoms with Crippen molar-refractivity contribution in [3.63, 3.8) is 0 Å². The van der Waals surface area contributed by atoms with Gasteiger partial charge in [-0.1, -0.05) is 0 Å². The number of fused-ring (bicyclic) bond motifs is 1. The molecule has 0 aromatic carbocycles. The molecule has 118 valence electrons. The van der Waals surface area contributed by atoms with Crippen molar-refractivity contribution < 1.29 is 9.53 Å². The number of nitrogens with one attached hydrogen (secondary N) is 1. The second kappa shape index (κ2) is 5.47. The van der Waals surface area contributed by atoms with Gasteiger partial charge in [0.15, 0.2) is 11.3 Å². The van der Waals surface area contributed by atoms with E-state index in [-0.39, 0.29) is 18.1 Å². The predicted octanol–water partition coefficient (Wildman–Crippen LogP) is 1.05. The van der Waals surface area contributed by atoms with Gasteiger partial charge in [-0.2, -0.15) is 0 Å². The molecule has 2 atom stereocenters. The lowest BCUT2D eigenvalue weighted by atomic mass is 10.2. The summed E-state index contributed by atoms with van der Waals surface area (Å²) >= 11 is 0. The molecule has 8 heteroatoms. The Morgan fingerprint density at radius 1 is 1.26 bits per heavy atom. The molecule has 0 aliphatic carbocycles. The summed E-state index contributed by atoms with van der Waals surface area (Å²) in [7, 11) is 1.66. The summed E-state index contributed by atoms with van der Waals surface area (Å²) in [4.78, 5) is 30.7. The lowest BCUT2D eigenvalue weighted by Crippen LogP contribution is -2.33. The van der Waals surface area contributed by atoms with Crippen LogP contribution in [-0.4, -0.2) is 54.9 Å². The molecule has 1 saturated heterocycles. The fourth-order valence-corrected chi connectivity index (χ4v) is 3.05. The summed E-state index contributed by atoms with van der Waals surface area (Å²) in [6.07, 6.45) is 10.9. The highest BCUT2D eigenvalue weighted by Crippen LogP contribution is 2.32. The second-order valence-electron chi connectivity index (χ2n) is 5.48. The number of carbonyl (C=O) groups excluding carboxylic acids is 1. The molecule has 4 heterocycles. The van der Waals surface area contributed by atoms with Gasteiger partial charge < -0.3 is 19.0 Å². The number of rotatable bonds is 3. The lowest BCUT2D eigenvalue weighted by molar-refractivity contribution is 0.0680. The molecule has 1 unspecified atom stereocenters. The van der Waals surface area contributed by atoms with Crippen molar-refractivity contribution in [1.82, 2.24) is 29.2 Å². The minimum absolute atomic E-state index is 0.0199. The molecule has 1 fully saturated rings. The highest BCUT2D eigenvalue weighted by Gasteiger charge is 2.39. The standard InChI is InChI=1S/C15H16N6O2/c1-23-10-8-11(13-17-2-3-18-13)21(9-10)15(22)12-14-19-5-7-20(14)6-4-16-12/h2-7,10-11H,8-9H2,1H3,(H,17,18)/t10-,11?/m1/s1. The van der Waals surface area contributed by atoms with E-state index in [4.69, 9.17) is 4.74 Å². The summed E-state index contributed by atoms with van der Waals surface area (Å²) in [5.74, 6) is 0.593. The van der Waals surface area contributed by atoms with Gasteiger partial charge in [-0.15, -0.1) is 0 Å². The Hall–Kier alpha value is -2.74. The van der Waals surface area contributed by atoms with Crippen LogP contribution in [-0.2, 0) is 4.74 Å². The molecular weight excluding hydrogens is 296 g/mol. The molecule has 1 amide bonds. The number of carbonyl (C=O) groups is 1. The van der Waals surface area contributed by atoms with Crippen LogP contribution < -0.4 is 0 Å². The van der Waals surface area contributed by atoms with Crippen molar-refractivity contribution >= 4 is 11.6 Å². The fraction of sp³-hybridized carbons (Fsp3) is 0.333. The summed E-state index contributed by atoms with van der Waals surface area (Å²) < 4.78 is 7.24. The maximum absolute atomic E-state index is 13.0. The Labute approximate surface area is 132 Å². The molecule has 3 aromatic heterocycles. The number of amides is 1. The molecule has 0 bridgehead atoms. The van der Waals surface area contributed by atoms with E-state index in [2.05, 4.69) is 19.9 Å². The van der Waals surface area contributed by atoms with Crippen LogP contribution in [0.15, 0.2) is 37.2 Å². The maximum atomic E-state index is 13.0. The summed E-state index contributed by atoms with van der Waals surface area (Å²) in [5, 5.41) is 0. The highest BCUT2D eigenvalue weighted by molar-refractivity contribution is 5.98. The van der Waals surface area contributed by atoms with E-state index in [9.17, 15) is 4.79 Å². The molecule has 8 nitrogen and oxygen atoms in total. The molecule has 0 radical (unpaired) electrons. The summed E-state index contributed by atoms with van der Waals surface area (Å²) in [5.41, 5.74) is 0.891. The van der Waals surface area contributed by atoms with Gasteiger partial charge in [0.2, 0.25) is 0 Å². The SMILES string of the molecule is CO[C@@H]1CC(c2ncc[nH]2)N(C(=O)c2nccn3ccnc23)C1. The van der Waals surface area contributed by atoms with Crippen molar-refractivity contribution in [3.05, 3.63) is 48.7 Å². The minimum Gasteiger partial charge on any atom is -0.380 e. The second-order valence-corrected chi connectivity index (χ2v) is 5.48. The number of ether oxygens (including phenoxy) is 1. The Kier molecular flexibility index (Phi) is 3.30. The number of nitrogens with zero attached hydrogens (tertiary/aromatic N) is 5. The first kappa shape index (κ1) is 13.9. The lowest BCUT2D eigenvalue weighted by Gasteiger charge is -2.22. The largest absolute Gasteiger partial charge is 0.380 e. The van der Waals surface area contributed by atoms with Crippen molar-refractivity contribution in [2.75, 3.05) is 13.7 Å². The monoisotopic (exact) mass is 312 g/mol. The molecule has 4 rings (SSSR count). The predicted molar refractivity (Wildman–Crippen MR) is 80.8 cm³/mol. The van der Waals surface area contributed by atoms with Crippen LogP contribution in [0.4, 0.5) is 0 Å². The quantitative estimate of drug-likeness (QED) is 0.781. The third-order valence-corrected chi connectivity index (χ3v) is 4.21. The number of H-pyrrole nitrogens is 1. The van der Waals surface area contributed by atoms with Gasteiger partial charge >= 0.3 is 0 Å². The molecule has 1 N–H and O–H groups in total. The van der Waals surface area contributed by atoms with E-state index in [1.807, 2.05) is 0 Å². The Bertz CT molecular complexity index is 827. The van der Waals surface area contributed by atoms with Gasteiger partial charge in [0.1, 0.15) is 5.82 Å². The summed E-state index contributed by atoms with van der Waals surface area (Å²) in [6, 6.07) is -0.153. The third-order valence-electron chi connectivity index (χ3n) is 4.21. The Morgan fingerprint density at radius 3 is 2.83 bits per heavy atom. The van der Waals surface area contributed by atoms with E-state index in [1.165, 1.54) is 0 Å². The van der Waals surface area contributed by atoms with Crippen LogP contribution >= 0.6 is 0 Å². The van der Waals surface area contributed by atoms with Crippen molar-refractivity contribution in [2.45, 2.75) is 18.6 Å². The number of hydrogen-bond donors (Lipinski definition) is 1. The maximum Gasteiger partial charge on any atom is 0.277 e. The minimum atomic E-state index is -0.164. The average Bonchev–Trinajstić information content (AvgIpc) is 3.31. The van der Waals surface area contributed by atoms with E-state index in [1.54, 1.807) is 53.6 Å². The topological polar surface area (TPSA) is 88.4 Å². The van der Waals surface area contributed by atoms with Crippen molar-refractivity contribution in [2.24, 2.45) is 0 Å². The number of methoxy groups -OCH3 is 1. The molecular formula is C15H16N6O2. The zero-order valence-corrected chi connectivity index (χ0v) is 12.6. The van der Waals surface area contributed by atoms with E-state index in [0.29, 0.717) is 24.3 Å². The first-order valence-corrected chi connectivity index (χ1v) is 7.38. The zero-order valence-electron chi connectivity index (χ0n) is 12.6. The van der Waals surface area contributed by atoms with Gasteiger partial charge in [-0.3, -0.25) is 4.79 Å². The van der Waals surface area contributed by atoms with E-state index < -0.39 is 0 Å². The number of hydrogen-bond acceptors (Lipinski definition) is 5. The number of aromatic amines is 1. The number of imidazole rings is 2. The van der Waals surface area contributed by atoms with Crippen LogP contribution in [0.2, 0.25) is 0 Å². The first-order valence-electron chi connectivity index (χ1n) is 7.38. The molecule has 0 spiro atoms. The van der Waals surface area contributed by atoms with Gasteiger partial charge in [0.25, 0.3) is 5.91 Å². The van der Waals surface area contributed by atoms with E-state index >= 15 is 0 Å². The van der Waals surface area contributed by atoms with Crippen molar-refractivity contribution in [3.8, 4) is 0 Å². The third kappa shape index (κ3) is 2.27. The van der Waals surface area contributed by atoms with Gasteiger partial charge in [-0.05, 0) is 0 Å². The van der Waals surface area contributed by atoms with Crippen molar-refractivity contribution in [1.29, 1.82) is 0 Å². The smallest absolute Gasteiger partial charge is 0.277 e. The fourth-order valence-electron chi connectivity index (χ4n) is 3.05. The highest BCUT2D eigenvalue weighted by atomic mass is 16.5. The van der Waals surface area contributed by atoms with Crippen LogP contribution in [0.3, 0.4) is 0 Å². The molecule has 23 heavy (non-hydrogen) atoms. The summed E-state index contributed by atoms with van der Waals surface area (Å²) in [6.45, 7) is 0.504. The molecule has 0 saturated carbocycles. The van der Waals surface area contributed by atoms with Crippen LogP contribution in [0.1, 0.15) is 28.8 Å². The average molecular weight is 312 g/mol. The first-order chi connectivity index (χ1) is 11.3. The van der Waals surface area contributed by atoms with Crippen LogP contribution in [0, 0.1) is 0 Å². The Morgan fingerprint density at radius 2 is 2.09 bits per heavy atom. The molecule has 1 aliphatic heterocycles. The van der Waals surface area contributed by atoms with Crippen LogP contribution in [0.5, 0.6) is 0 Å². The van der Waals surface area contributed by atoms with Crippen LogP contribution in [0.25, 0.3) is 5.65 Å². The zero-order chi connectivity index (χ0) is 15.8. The van der Waals surface area contributed by atoms with Gasteiger partial charge in [-0.25, -0.2) is 15.0 Å². The van der Waals surface area contributed by atoms with E-state index in [0.717, 1.165) is 5.82 Å². The van der Waals surface area contributed by atoms with Gasteiger partial charge in [0.05, 0.1) is 12.1 Å². The molecule has 3 aromatic rings. The normalized spacial score (nSPS) is 21.2. The molecule has 1 aliphatic rings. The number of likely N-dealkylation sites (tertiary alicyclic amines) is 1.